The van der Waals surface area contributed by atoms with Crippen LogP contribution in [0.4, 0.5) is 0 Å². The van der Waals surface area contributed by atoms with Gasteiger partial charge in [0, 0.05) is 25.0 Å². The molecule has 0 fully saturated rings. The van der Waals surface area contributed by atoms with Crippen LogP contribution in [-0.2, 0) is 11.3 Å². The fourth-order valence-electron chi connectivity index (χ4n) is 1.08. The Balaban J connectivity index is 2.33. The van der Waals surface area contributed by atoms with E-state index in [0.29, 0.717) is 0 Å². The number of aromatic nitrogens is 2. The number of carbonyl (C=O) groups is 1. The molecule has 0 aliphatic rings. The SMILES string of the molecule is CC(Cn1ccnc1)NC(=O)CS. The van der Waals surface area contributed by atoms with Gasteiger partial charge in [0.15, 0.2) is 0 Å². The van der Waals surface area contributed by atoms with Crippen LogP contribution < -0.4 is 5.32 Å². The van der Waals surface area contributed by atoms with Crippen LogP contribution in [0.1, 0.15) is 6.92 Å². The van der Waals surface area contributed by atoms with Crippen molar-refractivity contribution in [1.29, 1.82) is 0 Å². The van der Waals surface area contributed by atoms with Crippen LogP contribution in [0.2, 0.25) is 0 Å². The van der Waals surface area contributed by atoms with E-state index in [-0.39, 0.29) is 17.7 Å². The molecule has 5 heteroatoms. The predicted octanol–water partition coefficient (Wildman–Crippen LogP) is 0.318. The zero-order valence-corrected chi connectivity index (χ0v) is 8.37. The molecule has 0 saturated heterocycles. The third kappa shape index (κ3) is 3.50. The van der Waals surface area contributed by atoms with E-state index in [9.17, 15) is 4.79 Å². The van der Waals surface area contributed by atoms with Gasteiger partial charge < -0.3 is 9.88 Å². The van der Waals surface area contributed by atoms with E-state index in [2.05, 4.69) is 22.9 Å². The molecule has 0 aromatic carbocycles. The molecule has 72 valence electrons. The van der Waals surface area contributed by atoms with Crippen molar-refractivity contribution in [2.75, 3.05) is 5.75 Å². The zero-order valence-electron chi connectivity index (χ0n) is 7.47. The van der Waals surface area contributed by atoms with Gasteiger partial charge in [-0.3, -0.25) is 4.79 Å². The average Bonchev–Trinajstić information content (AvgIpc) is 2.56. The summed E-state index contributed by atoms with van der Waals surface area (Å²) in [6.45, 7) is 2.68. The molecule has 0 saturated carbocycles. The molecule has 0 aliphatic carbocycles. The number of nitrogens with zero attached hydrogens (tertiary/aromatic N) is 2. The lowest BCUT2D eigenvalue weighted by Crippen LogP contribution is -2.36. The number of hydrogen-bond acceptors (Lipinski definition) is 3. The van der Waals surface area contributed by atoms with Crippen molar-refractivity contribution < 1.29 is 4.79 Å². The lowest BCUT2D eigenvalue weighted by Gasteiger charge is -2.13. The smallest absolute Gasteiger partial charge is 0.229 e. The Bertz CT molecular complexity index is 260. The maximum atomic E-state index is 10.9. The quantitative estimate of drug-likeness (QED) is 0.686. The third-order valence-electron chi connectivity index (χ3n) is 1.59. The Hall–Kier alpha value is -0.970. The highest BCUT2D eigenvalue weighted by atomic mass is 32.1. The minimum Gasteiger partial charge on any atom is -0.351 e. The molecule has 1 unspecified atom stereocenters. The second kappa shape index (κ2) is 4.91. The summed E-state index contributed by atoms with van der Waals surface area (Å²) >= 11 is 3.87. The van der Waals surface area contributed by atoms with Gasteiger partial charge in [0.2, 0.25) is 5.91 Å². The number of amides is 1. The molecule has 0 radical (unpaired) electrons. The summed E-state index contributed by atoms with van der Waals surface area (Å²) in [7, 11) is 0. The molecular formula is C8H13N3OS. The van der Waals surface area contributed by atoms with Crippen molar-refractivity contribution in [2.45, 2.75) is 19.5 Å². The maximum absolute atomic E-state index is 10.9. The van der Waals surface area contributed by atoms with Gasteiger partial charge in [0.1, 0.15) is 0 Å². The Labute approximate surface area is 82.8 Å². The van der Waals surface area contributed by atoms with Gasteiger partial charge in [-0.1, -0.05) is 0 Å². The van der Waals surface area contributed by atoms with Crippen molar-refractivity contribution in [3.05, 3.63) is 18.7 Å². The average molecular weight is 199 g/mol. The van der Waals surface area contributed by atoms with Crippen LogP contribution in [0.15, 0.2) is 18.7 Å². The van der Waals surface area contributed by atoms with Crippen LogP contribution in [0.25, 0.3) is 0 Å². The number of rotatable bonds is 4. The molecular weight excluding hydrogens is 186 g/mol. The molecule has 1 aromatic heterocycles. The highest BCUT2D eigenvalue weighted by molar-refractivity contribution is 7.81. The first-order valence-corrected chi connectivity index (χ1v) is 4.71. The largest absolute Gasteiger partial charge is 0.351 e. The van der Waals surface area contributed by atoms with E-state index in [1.54, 1.807) is 12.5 Å². The van der Waals surface area contributed by atoms with Crippen molar-refractivity contribution in [3.8, 4) is 0 Å². The normalized spacial score (nSPS) is 12.5. The summed E-state index contributed by atoms with van der Waals surface area (Å²) in [5.74, 6) is 0.185. The predicted molar refractivity (Wildman–Crippen MR) is 53.7 cm³/mol. The third-order valence-corrected chi connectivity index (χ3v) is 1.88. The number of hydrogen-bond donors (Lipinski definition) is 2. The van der Waals surface area contributed by atoms with E-state index in [1.807, 2.05) is 17.7 Å². The van der Waals surface area contributed by atoms with Crippen LogP contribution in [0.3, 0.4) is 0 Å². The summed E-state index contributed by atoms with van der Waals surface area (Å²) in [4.78, 5) is 14.8. The Kier molecular flexibility index (Phi) is 3.82. The minimum absolute atomic E-state index is 0.0454. The van der Waals surface area contributed by atoms with Gasteiger partial charge >= 0.3 is 0 Å². The highest BCUT2D eigenvalue weighted by Gasteiger charge is 2.05. The molecule has 1 rings (SSSR count). The molecule has 1 amide bonds. The maximum Gasteiger partial charge on any atom is 0.229 e. The summed E-state index contributed by atoms with van der Waals surface area (Å²) in [5, 5.41) is 2.80. The molecule has 13 heavy (non-hydrogen) atoms. The molecule has 1 heterocycles. The summed E-state index contributed by atoms with van der Waals surface area (Å²) in [6, 6.07) is 0.105. The lowest BCUT2D eigenvalue weighted by atomic mass is 10.3. The summed E-state index contributed by atoms with van der Waals surface area (Å²) in [6.07, 6.45) is 5.31. The van der Waals surface area contributed by atoms with E-state index < -0.39 is 0 Å². The summed E-state index contributed by atoms with van der Waals surface area (Å²) < 4.78 is 1.92. The molecule has 0 bridgehead atoms. The van der Waals surface area contributed by atoms with Crippen molar-refractivity contribution in [2.24, 2.45) is 0 Å². The summed E-state index contributed by atoms with van der Waals surface area (Å²) in [5.41, 5.74) is 0. The number of imidazole rings is 1. The van der Waals surface area contributed by atoms with Crippen LogP contribution in [0, 0.1) is 0 Å². The first-order valence-electron chi connectivity index (χ1n) is 4.08. The topological polar surface area (TPSA) is 46.9 Å². The molecule has 1 atom stereocenters. The Morgan fingerprint density at radius 2 is 2.54 bits per heavy atom. The van der Waals surface area contributed by atoms with Gasteiger partial charge in [-0.2, -0.15) is 12.6 Å². The van der Waals surface area contributed by atoms with Gasteiger partial charge in [0.05, 0.1) is 12.1 Å². The molecule has 1 aromatic rings. The minimum atomic E-state index is -0.0454. The van der Waals surface area contributed by atoms with Gasteiger partial charge in [-0.15, -0.1) is 0 Å². The highest BCUT2D eigenvalue weighted by Crippen LogP contribution is 1.91. The Morgan fingerprint density at radius 1 is 1.77 bits per heavy atom. The molecule has 1 N–H and O–H groups in total. The van der Waals surface area contributed by atoms with E-state index >= 15 is 0 Å². The first kappa shape index (κ1) is 10.1. The molecule has 0 spiro atoms. The van der Waals surface area contributed by atoms with E-state index in [1.165, 1.54) is 0 Å². The van der Waals surface area contributed by atoms with E-state index in [0.717, 1.165) is 6.54 Å². The van der Waals surface area contributed by atoms with Gasteiger partial charge in [-0.05, 0) is 6.92 Å². The fraction of sp³-hybridized carbons (Fsp3) is 0.500. The van der Waals surface area contributed by atoms with Crippen molar-refractivity contribution in [3.63, 3.8) is 0 Å². The second-order valence-corrected chi connectivity index (χ2v) is 3.20. The van der Waals surface area contributed by atoms with Gasteiger partial charge in [0.25, 0.3) is 0 Å². The van der Waals surface area contributed by atoms with Crippen LogP contribution in [0.5, 0.6) is 0 Å². The lowest BCUT2D eigenvalue weighted by molar-refractivity contribution is -0.119. The van der Waals surface area contributed by atoms with Crippen molar-refractivity contribution >= 4 is 18.5 Å². The van der Waals surface area contributed by atoms with Gasteiger partial charge in [-0.25, -0.2) is 4.98 Å². The number of carbonyl (C=O) groups excluding carboxylic acids is 1. The van der Waals surface area contributed by atoms with Crippen molar-refractivity contribution in [1.82, 2.24) is 14.9 Å². The molecule has 4 nitrogen and oxygen atoms in total. The fourth-order valence-corrected chi connectivity index (χ4v) is 1.17. The second-order valence-electron chi connectivity index (χ2n) is 2.89. The zero-order chi connectivity index (χ0) is 9.68. The Morgan fingerprint density at radius 3 is 3.08 bits per heavy atom. The number of thiol groups is 1. The van der Waals surface area contributed by atoms with E-state index in [4.69, 9.17) is 0 Å². The monoisotopic (exact) mass is 199 g/mol. The van der Waals surface area contributed by atoms with Crippen LogP contribution >= 0.6 is 12.6 Å². The standard InChI is InChI=1S/C8H13N3OS/c1-7(10-8(12)5-13)4-11-3-2-9-6-11/h2-3,6-7,13H,4-5H2,1H3,(H,10,12). The first-order chi connectivity index (χ1) is 6.22. The van der Waals surface area contributed by atoms with Crippen LogP contribution in [-0.4, -0.2) is 27.3 Å². The number of nitrogens with one attached hydrogen (secondary N) is 1. The molecule has 0 aliphatic heterocycles.